The summed E-state index contributed by atoms with van der Waals surface area (Å²) in [4.78, 5) is 32.7. The summed E-state index contributed by atoms with van der Waals surface area (Å²) in [5.41, 5.74) is 4.37. The number of aromatic nitrogens is 2. The molecule has 96 valence electrons. The summed E-state index contributed by atoms with van der Waals surface area (Å²) >= 11 is 0. The average molecular weight is 250 g/mol. The van der Waals surface area contributed by atoms with E-state index in [-0.39, 0.29) is 24.8 Å². The number of nitrogens with two attached hydrogens (primary N) is 1. The third kappa shape index (κ3) is 2.30. The molecule has 0 unspecified atom stereocenters. The van der Waals surface area contributed by atoms with Crippen molar-refractivity contribution in [2.24, 2.45) is 5.73 Å². The molecule has 0 spiro atoms. The largest absolute Gasteiger partial charge is 0.367 e. The molecule has 0 radical (unpaired) electrons. The van der Waals surface area contributed by atoms with Crippen LogP contribution in [0.15, 0.2) is 18.6 Å². The Morgan fingerprint density at radius 3 is 2.89 bits per heavy atom. The molecule has 0 bridgehead atoms. The predicted molar refractivity (Wildman–Crippen MR) is 61.5 cm³/mol. The average Bonchev–Trinajstić information content (AvgIpc) is 2.39. The van der Waals surface area contributed by atoms with Gasteiger partial charge in [0.05, 0.1) is 19.3 Å². The van der Waals surface area contributed by atoms with Crippen LogP contribution in [0.4, 0.5) is 0 Å². The van der Waals surface area contributed by atoms with Crippen molar-refractivity contribution in [2.45, 2.75) is 12.5 Å². The Morgan fingerprint density at radius 1 is 1.50 bits per heavy atom. The van der Waals surface area contributed by atoms with Gasteiger partial charge in [0, 0.05) is 18.9 Å². The van der Waals surface area contributed by atoms with Crippen LogP contribution in [0, 0.1) is 0 Å². The molecule has 2 amide bonds. The van der Waals surface area contributed by atoms with E-state index in [2.05, 4.69) is 9.97 Å². The van der Waals surface area contributed by atoms with Crippen molar-refractivity contribution in [2.75, 3.05) is 19.7 Å². The highest BCUT2D eigenvalue weighted by atomic mass is 16.5. The molecule has 0 saturated carbocycles. The predicted octanol–water partition coefficient (Wildman–Crippen LogP) is -0.807. The van der Waals surface area contributed by atoms with E-state index in [9.17, 15) is 9.59 Å². The van der Waals surface area contributed by atoms with Crippen molar-refractivity contribution < 1.29 is 14.3 Å². The molecule has 1 atom stereocenters. The van der Waals surface area contributed by atoms with Crippen molar-refractivity contribution >= 4 is 11.8 Å². The zero-order valence-corrected chi connectivity index (χ0v) is 10.00. The smallest absolute Gasteiger partial charge is 0.274 e. The molecule has 2 rings (SSSR count). The molecule has 2 heterocycles. The van der Waals surface area contributed by atoms with Crippen molar-refractivity contribution in [3.63, 3.8) is 0 Å². The van der Waals surface area contributed by atoms with Crippen LogP contribution in [0.2, 0.25) is 0 Å². The van der Waals surface area contributed by atoms with Gasteiger partial charge >= 0.3 is 0 Å². The fourth-order valence-corrected chi connectivity index (χ4v) is 1.76. The highest BCUT2D eigenvalue weighted by Crippen LogP contribution is 2.18. The van der Waals surface area contributed by atoms with Gasteiger partial charge in [-0.25, -0.2) is 4.98 Å². The van der Waals surface area contributed by atoms with Gasteiger partial charge in [0.2, 0.25) is 0 Å². The molecular weight excluding hydrogens is 236 g/mol. The third-order valence-electron chi connectivity index (χ3n) is 2.87. The fraction of sp³-hybridized carbons (Fsp3) is 0.455. The summed E-state index contributed by atoms with van der Waals surface area (Å²) in [5, 5.41) is 0. The number of primary amides is 1. The normalized spacial score (nSPS) is 23.7. The van der Waals surface area contributed by atoms with E-state index >= 15 is 0 Å². The number of carbonyl (C=O) groups is 2. The molecule has 1 aliphatic heterocycles. The van der Waals surface area contributed by atoms with Crippen LogP contribution in [-0.2, 0) is 9.53 Å². The minimum atomic E-state index is -1.14. The van der Waals surface area contributed by atoms with Crippen LogP contribution >= 0.6 is 0 Å². The van der Waals surface area contributed by atoms with Gasteiger partial charge in [0.15, 0.2) is 5.60 Å². The van der Waals surface area contributed by atoms with Crippen molar-refractivity contribution in [1.82, 2.24) is 14.9 Å². The number of amides is 2. The van der Waals surface area contributed by atoms with Crippen molar-refractivity contribution in [1.29, 1.82) is 0 Å². The summed E-state index contributed by atoms with van der Waals surface area (Å²) in [7, 11) is 0. The van der Waals surface area contributed by atoms with E-state index in [1.165, 1.54) is 23.5 Å². The quantitative estimate of drug-likeness (QED) is 0.740. The second-order valence-corrected chi connectivity index (χ2v) is 4.26. The minimum Gasteiger partial charge on any atom is -0.367 e. The van der Waals surface area contributed by atoms with Crippen LogP contribution in [0.5, 0.6) is 0 Å². The molecule has 1 aliphatic rings. The van der Waals surface area contributed by atoms with Crippen LogP contribution in [0.25, 0.3) is 0 Å². The Kier molecular flexibility index (Phi) is 3.24. The van der Waals surface area contributed by atoms with Gasteiger partial charge in [0.25, 0.3) is 11.8 Å². The Balaban J connectivity index is 2.15. The van der Waals surface area contributed by atoms with E-state index in [4.69, 9.17) is 10.5 Å². The second kappa shape index (κ2) is 4.69. The Labute approximate surface area is 104 Å². The number of ether oxygens (including phenoxy) is 1. The maximum Gasteiger partial charge on any atom is 0.274 e. The fourth-order valence-electron chi connectivity index (χ4n) is 1.76. The first-order valence-electron chi connectivity index (χ1n) is 5.52. The van der Waals surface area contributed by atoms with E-state index in [1.54, 1.807) is 6.92 Å². The summed E-state index contributed by atoms with van der Waals surface area (Å²) in [5.74, 6) is -0.863. The van der Waals surface area contributed by atoms with Gasteiger partial charge in [-0.1, -0.05) is 0 Å². The number of hydrogen-bond acceptors (Lipinski definition) is 5. The van der Waals surface area contributed by atoms with Crippen LogP contribution < -0.4 is 5.73 Å². The lowest BCUT2D eigenvalue weighted by molar-refractivity contribution is -0.150. The molecule has 1 saturated heterocycles. The monoisotopic (exact) mass is 250 g/mol. The highest BCUT2D eigenvalue weighted by Gasteiger charge is 2.39. The SMILES string of the molecule is C[C@@]1(C(N)=O)CN(C(=O)c2cnccn2)CCO1. The lowest BCUT2D eigenvalue weighted by atomic mass is 10.0. The number of hydrogen-bond donors (Lipinski definition) is 1. The Hall–Kier alpha value is -2.02. The molecule has 1 aromatic rings. The van der Waals surface area contributed by atoms with Gasteiger partial charge in [0.1, 0.15) is 5.69 Å². The number of rotatable bonds is 2. The molecule has 18 heavy (non-hydrogen) atoms. The summed E-state index contributed by atoms with van der Waals surface area (Å²) < 4.78 is 5.34. The van der Waals surface area contributed by atoms with Gasteiger partial charge in [-0.3, -0.25) is 14.6 Å². The van der Waals surface area contributed by atoms with Crippen molar-refractivity contribution in [3.05, 3.63) is 24.3 Å². The highest BCUT2D eigenvalue weighted by molar-refractivity contribution is 5.93. The lowest BCUT2D eigenvalue weighted by Gasteiger charge is -2.38. The summed E-state index contributed by atoms with van der Waals surface area (Å²) in [6.45, 7) is 2.37. The van der Waals surface area contributed by atoms with Gasteiger partial charge in [-0.05, 0) is 6.92 Å². The topological polar surface area (TPSA) is 98.4 Å². The van der Waals surface area contributed by atoms with Crippen LogP contribution in [-0.4, -0.2) is 52.0 Å². The zero-order chi connectivity index (χ0) is 13.2. The summed E-state index contributed by atoms with van der Waals surface area (Å²) in [6.07, 6.45) is 4.32. The molecule has 7 heteroatoms. The zero-order valence-electron chi connectivity index (χ0n) is 10.00. The maximum absolute atomic E-state index is 12.1. The lowest BCUT2D eigenvalue weighted by Crippen LogP contribution is -2.58. The van der Waals surface area contributed by atoms with E-state index in [0.29, 0.717) is 6.54 Å². The van der Waals surface area contributed by atoms with E-state index < -0.39 is 11.5 Å². The first-order chi connectivity index (χ1) is 8.53. The van der Waals surface area contributed by atoms with E-state index in [1.807, 2.05) is 0 Å². The number of morpholine rings is 1. The first-order valence-corrected chi connectivity index (χ1v) is 5.52. The van der Waals surface area contributed by atoms with Crippen LogP contribution in [0.1, 0.15) is 17.4 Å². The van der Waals surface area contributed by atoms with E-state index in [0.717, 1.165) is 0 Å². The first kappa shape index (κ1) is 12.4. The van der Waals surface area contributed by atoms with Gasteiger partial charge in [-0.2, -0.15) is 0 Å². The second-order valence-electron chi connectivity index (χ2n) is 4.26. The standard InChI is InChI=1S/C11H14N4O3/c1-11(10(12)17)7-15(4-5-18-11)9(16)8-6-13-2-3-14-8/h2-3,6H,4-5,7H2,1H3,(H2,12,17)/t11-/m0/s1. The molecule has 0 aliphatic carbocycles. The maximum atomic E-state index is 12.1. The molecule has 0 aromatic carbocycles. The molecule has 1 fully saturated rings. The third-order valence-corrected chi connectivity index (χ3v) is 2.87. The Morgan fingerprint density at radius 2 is 2.28 bits per heavy atom. The van der Waals surface area contributed by atoms with Gasteiger partial charge in [-0.15, -0.1) is 0 Å². The van der Waals surface area contributed by atoms with Crippen molar-refractivity contribution in [3.8, 4) is 0 Å². The molecule has 7 nitrogen and oxygen atoms in total. The Bertz CT molecular complexity index is 465. The molecule has 1 aromatic heterocycles. The minimum absolute atomic E-state index is 0.123. The van der Waals surface area contributed by atoms with Gasteiger partial charge < -0.3 is 15.4 Å². The summed E-state index contributed by atoms with van der Waals surface area (Å²) in [6, 6.07) is 0. The number of carbonyl (C=O) groups excluding carboxylic acids is 2. The molecule has 2 N–H and O–H groups in total. The number of nitrogens with zero attached hydrogens (tertiary/aromatic N) is 3. The molecular formula is C11H14N4O3. The van der Waals surface area contributed by atoms with Crippen LogP contribution in [0.3, 0.4) is 0 Å².